The van der Waals surface area contributed by atoms with E-state index in [4.69, 9.17) is 11.6 Å². The van der Waals surface area contributed by atoms with Crippen LogP contribution in [0.4, 0.5) is 5.69 Å². The highest BCUT2D eigenvalue weighted by atomic mass is 35.5. The predicted molar refractivity (Wildman–Crippen MR) is 90.8 cm³/mol. The van der Waals surface area contributed by atoms with E-state index in [1.54, 1.807) is 12.1 Å². The van der Waals surface area contributed by atoms with Crippen LogP contribution in [-0.2, 0) is 6.42 Å². The van der Waals surface area contributed by atoms with E-state index in [2.05, 4.69) is 34.5 Å². The van der Waals surface area contributed by atoms with Crippen LogP contribution in [0.25, 0.3) is 0 Å². The Balaban J connectivity index is 1.47. The lowest BCUT2D eigenvalue weighted by Gasteiger charge is -2.19. The molecule has 0 bridgehead atoms. The lowest BCUT2D eigenvalue weighted by atomic mass is 10.2. The zero-order valence-electron chi connectivity index (χ0n) is 12.4. The summed E-state index contributed by atoms with van der Waals surface area (Å²) in [6, 6.07) is 15.7. The Morgan fingerprint density at radius 2 is 1.91 bits per heavy atom. The molecule has 0 fully saturated rings. The fraction of sp³-hybridized carbons (Fsp3) is 0.278. The smallest absolute Gasteiger partial charge is 0.252 e. The maximum absolute atomic E-state index is 12.1. The van der Waals surface area contributed by atoms with E-state index in [-0.39, 0.29) is 5.91 Å². The average Bonchev–Trinajstić information content (AvgIpc) is 2.95. The molecule has 0 aromatic heterocycles. The van der Waals surface area contributed by atoms with E-state index in [0.29, 0.717) is 17.1 Å². The van der Waals surface area contributed by atoms with E-state index in [1.807, 2.05) is 12.1 Å². The zero-order chi connectivity index (χ0) is 15.4. The molecule has 0 saturated carbocycles. The molecule has 0 spiro atoms. The molecule has 3 rings (SSSR count). The number of anilines is 1. The number of nitrogens with zero attached hydrogens (tertiary/aromatic N) is 1. The molecule has 1 aliphatic rings. The highest BCUT2D eigenvalue weighted by molar-refractivity contribution is 6.33. The van der Waals surface area contributed by atoms with Crippen LogP contribution in [0, 0.1) is 0 Å². The zero-order valence-corrected chi connectivity index (χ0v) is 13.1. The second-order valence-electron chi connectivity index (χ2n) is 5.46. The number of hydrogen-bond donors (Lipinski definition) is 1. The number of amides is 1. The molecule has 1 N–H and O–H groups in total. The molecular formula is C18H19ClN2O. The summed E-state index contributed by atoms with van der Waals surface area (Å²) in [5.74, 6) is -0.104. The Kier molecular flexibility index (Phi) is 4.64. The molecule has 4 heteroatoms. The molecular weight excluding hydrogens is 296 g/mol. The van der Waals surface area contributed by atoms with Gasteiger partial charge in [0.05, 0.1) is 10.6 Å². The van der Waals surface area contributed by atoms with Gasteiger partial charge in [-0.15, -0.1) is 0 Å². The van der Waals surface area contributed by atoms with Gasteiger partial charge in [0.15, 0.2) is 0 Å². The molecule has 0 saturated heterocycles. The van der Waals surface area contributed by atoms with E-state index in [9.17, 15) is 4.79 Å². The second kappa shape index (κ2) is 6.84. The van der Waals surface area contributed by atoms with Gasteiger partial charge in [-0.1, -0.05) is 41.9 Å². The Morgan fingerprint density at radius 3 is 2.77 bits per heavy atom. The summed E-state index contributed by atoms with van der Waals surface area (Å²) in [6.07, 6.45) is 2.03. The summed E-state index contributed by atoms with van der Waals surface area (Å²) < 4.78 is 0. The van der Waals surface area contributed by atoms with Crippen molar-refractivity contribution >= 4 is 23.2 Å². The number of nitrogens with one attached hydrogen (secondary N) is 1. The van der Waals surface area contributed by atoms with Crippen molar-refractivity contribution in [1.82, 2.24) is 5.32 Å². The van der Waals surface area contributed by atoms with Crippen molar-refractivity contribution in [2.75, 3.05) is 24.5 Å². The van der Waals surface area contributed by atoms with Gasteiger partial charge in [-0.3, -0.25) is 4.79 Å². The number of carbonyl (C=O) groups is 1. The molecule has 1 heterocycles. The van der Waals surface area contributed by atoms with Gasteiger partial charge >= 0.3 is 0 Å². The van der Waals surface area contributed by atoms with Crippen LogP contribution in [0.2, 0.25) is 5.02 Å². The number of para-hydroxylation sites is 1. The van der Waals surface area contributed by atoms with Gasteiger partial charge in [0, 0.05) is 25.3 Å². The normalized spacial score (nSPS) is 13.0. The molecule has 3 nitrogen and oxygen atoms in total. The van der Waals surface area contributed by atoms with Gasteiger partial charge in [0.1, 0.15) is 0 Å². The Morgan fingerprint density at radius 1 is 1.14 bits per heavy atom. The summed E-state index contributed by atoms with van der Waals surface area (Å²) in [5, 5.41) is 3.43. The molecule has 2 aromatic carbocycles. The molecule has 1 amide bonds. The van der Waals surface area contributed by atoms with Crippen molar-refractivity contribution < 1.29 is 4.79 Å². The molecule has 0 radical (unpaired) electrons. The summed E-state index contributed by atoms with van der Waals surface area (Å²) in [7, 11) is 0. The minimum atomic E-state index is -0.104. The third-order valence-corrected chi connectivity index (χ3v) is 4.32. The number of rotatable bonds is 5. The largest absolute Gasteiger partial charge is 0.371 e. The van der Waals surface area contributed by atoms with Gasteiger partial charge in [-0.25, -0.2) is 0 Å². The number of carbonyl (C=O) groups excluding carboxylic acids is 1. The summed E-state index contributed by atoms with van der Waals surface area (Å²) >= 11 is 6.02. The van der Waals surface area contributed by atoms with Crippen LogP contribution >= 0.6 is 11.6 Å². The molecule has 0 atom stereocenters. The lowest BCUT2D eigenvalue weighted by molar-refractivity contribution is 0.0953. The second-order valence-corrected chi connectivity index (χ2v) is 5.86. The average molecular weight is 315 g/mol. The SMILES string of the molecule is O=C(NCCCN1CCc2ccccc21)c1ccccc1Cl. The number of halogens is 1. The van der Waals surface area contributed by atoms with E-state index < -0.39 is 0 Å². The van der Waals surface area contributed by atoms with Crippen LogP contribution in [0.5, 0.6) is 0 Å². The maximum atomic E-state index is 12.1. The molecule has 2 aromatic rings. The van der Waals surface area contributed by atoms with E-state index >= 15 is 0 Å². The summed E-state index contributed by atoms with van der Waals surface area (Å²) in [4.78, 5) is 14.4. The van der Waals surface area contributed by atoms with Crippen LogP contribution in [0.15, 0.2) is 48.5 Å². The lowest BCUT2D eigenvalue weighted by Crippen LogP contribution is -2.29. The van der Waals surface area contributed by atoms with Crippen LogP contribution in [0.1, 0.15) is 22.3 Å². The Hall–Kier alpha value is -2.00. The van der Waals surface area contributed by atoms with Crippen molar-refractivity contribution in [3.63, 3.8) is 0 Å². The van der Waals surface area contributed by atoms with Gasteiger partial charge in [-0.05, 0) is 36.6 Å². The summed E-state index contributed by atoms with van der Waals surface area (Å²) in [5.41, 5.74) is 3.29. The Bertz CT molecular complexity index is 672. The fourth-order valence-corrected chi connectivity index (χ4v) is 3.07. The monoisotopic (exact) mass is 314 g/mol. The summed E-state index contributed by atoms with van der Waals surface area (Å²) in [6.45, 7) is 2.68. The van der Waals surface area contributed by atoms with Gasteiger partial charge in [-0.2, -0.15) is 0 Å². The van der Waals surface area contributed by atoms with Crippen LogP contribution in [-0.4, -0.2) is 25.5 Å². The third-order valence-electron chi connectivity index (χ3n) is 3.99. The third kappa shape index (κ3) is 3.25. The number of benzene rings is 2. The Labute approximate surface area is 135 Å². The highest BCUT2D eigenvalue weighted by Gasteiger charge is 2.17. The fourth-order valence-electron chi connectivity index (χ4n) is 2.85. The van der Waals surface area contributed by atoms with E-state index in [0.717, 1.165) is 25.9 Å². The minimum Gasteiger partial charge on any atom is -0.371 e. The van der Waals surface area contributed by atoms with Crippen LogP contribution < -0.4 is 10.2 Å². The van der Waals surface area contributed by atoms with Crippen molar-refractivity contribution in [1.29, 1.82) is 0 Å². The molecule has 1 aliphatic heterocycles. The van der Waals surface area contributed by atoms with Crippen molar-refractivity contribution in [2.24, 2.45) is 0 Å². The topological polar surface area (TPSA) is 32.3 Å². The maximum Gasteiger partial charge on any atom is 0.252 e. The molecule has 0 unspecified atom stereocenters. The van der Waals surface area contributed by atoms with Crippen LogP contribution in [0.3, 0.4) is 0 Å². The predicted octanol–water partition coefficient (Wildman–Crippen LogP) is 3.52. The molecule has 0 aliphatic carbocycles. The first kappa shape index (κ1) is 14.9. The van der Waals surface area contributed by atoms with Crippen molar-refractivity contribution in [2.45, 2.75) is 12.8 Å². The van der Waals surface area contributed by atoms with Gasteiger partial charge in [0.2, 0.25) is 0 Å². The van der Waals surface area contributed by atoms with Crippen molar-refractivity contribution in [3.05, 3.63) is 64.7 Å². The number of hydrogen-bond acceptors (Lipinski definition) is 2. The van der Waals surface area contributed by atoms with E-state index in [1.165, 1.54) is 11.3 Å². The molecule has 114 valence electrons. The quantitative estimate of drug-likeness (QED) is 0.856. The first-order valence-corrected chi connectivity index (χ1v) is 7.99. The van der Waals surface area contributed by atoms with Crippen molar-refractivity contribution in [3.8, 4) is 0 Å². The molecule has 22 heavy (non-hydrogen) atoms. The number of fused-ring (bicyclic) bond motifs is 1. The van der Waals surface area contributed by atoms with Gasteiger partial charge < -0.3 is 10.2 Å². The highest BCUT2D eigenvalue weighted by Crippen LogP contribution is 2.27. The van der Waals surface area contributed by atoms with Gasteiger partial charge in [0.25, 0.3) is 5.91 Å². The standard InChI is InChI=1S/C18H19ClN2O/c19-16-8-3-2-7-15(16)18(22)20-11-5-12-21-13-10-14-6-1-4-9-17(14)21/h1-4,6-9H,5,10-13H2,(H,20,22). The first-order valence-electron chi connectivity index (χ1n) is 7.61. The first-order chi connectivity index (χ1) is 10.8. The minimum absolute atomic E-state index is 0.104.